The normalized spacial score (nSPS) is 10.8. The number of anilines is 1. The summed E-state index contributed by atoms with van der Waals surface area (Å²) in [5, 5.41) is 11.2. The lowest BCUT2D eigenvalue weighted by Crippen LogP contribution is -2.03. The van der Waals surface area contributed by atoms with Crippen LogP contribution in [0.15, 0.2) is 42.5 Å². The predicted octanol–water partition coefficient (Wildman–Crippen LogP) is 4.36. The van der Waals surface area contributed by atoms with Crippen LogP contribution in [0.5, 0.6) is 0 Å². The second-order valence-electron chi connectivity index (χ2n) is 5.26. The molecule has 3 rings (SSSR count). The van der Waals surface area contributed by atoms with Crippen LogP contribution in [0.3, 0.4) is 0 Å². The van der Waals surface area contributed by atoms with Gasteiger partial charge in [-0.05, 0) is 42.8 Å². The van der Waals surface area contributed by atoms with Gasteiger partial charge in [-0.2, -0.15) is 5.26 Å². The lowest BCUT2D eigenvalue weighted by atomic mass is 10.0. The molecule has 2 aromatic carbocycles. The number of benzene rings is 2. The van der Waals surface area contributed by atoms with Gasteiger partial charge in [0.25, 0.3) is 0 Å². The molecule has 22 heavy (non-hydrogen) atoms. The number of nitrogens with two attached hydrogens (primary N) is 1. The SMILES string of the molecule is CCn1c(Cc2cccc(N)c2)c(C#N)c2cc(Cl)ccc21. The Labute approximate surface area is 134 Å². The van der Waals surface area contributed by atoms with E-state index in [1.807, 2.05) is 42.5 Å². The van der Waals surface area contributed by atoms with Crippen molar-refractivity contribution in [3.8, 4) is 6.07 Å². The topological polar surface area (TPSA) is 54.7 Å². The molecule has 110 valence electrons. The molecule has 0 bridgehead atoms. The summed E-state index contributed by atoms with van der Waals surface area (Å²) >= 11 is 6.10. The van der Waals surface area contributed by atoms with E-state index < -0.39 is 0 Å². The zero-order chi connectivity index (χ0) is 15.7. The van der Waals surface area contributed by atoms with Crippen molar-refractivity contribution in [1.82, 2.24) is 4.57 Å². The minimum atomic E-state index is 0.646. The van der Waals surface area contributed by atoms with E-state index in [9.17, 15) is 5.26 Å². The van der Waals surface area contributed by atoms with Gasteiger partial charge in [0.2, 0.25) is 0 Å². The molecule has 0 aliphatic carbocycles. The maximum absolute atomic E-state index is 9.62. The van der Waals surface area contributed by atoms with E-state index in [2.05, 4.69) is 17.6 Å². The minimum absolute atomic E-state index is 0.646. The molecule has 3 nitrogen and oxygen atoms in total. The lowest BCUT2D eigenvalue weighted by molar-refractivity contribution is 0.751. The Morgan fingerprint density at radius 1 is 1.23 bits per heavy atom. The smallest absolute Gasteiger partial charge is 0.102 e. The number of nitrogen functional groups attached to an aromatic ring is 1. The van der Waals surface area contributed by atoms with Crippen LogP contribution in [-0.4, -0.2) is 4.57 Å². The third-order valence-electron chi connectivity index (χ3n) is 3.88. The largest absolute Gasteiger partial charge is 0.399 e. The summed E-state index contributed by atoms with van der Waals surface area (Å²) in [5.74, 6) is 0. The van der Waals surface area contributed by atoms with E-state index in [1.54, 1.807) is 0 Å². The average Bonchev–Trinajstić information content (AvgIpc) is 2.78. The van der Waals surface area contributed by atoms with Gasteiger partial charge in [0, 0.05) is 40.3 Å². The van der Waals surface area contributed by atoms with Crippen LogP contribution < -0.4 is 5.73 Å². The fourth-order valence-electron chi connectivity index (χ4n) is 2.95. The first kappa shape index (κ1) is 14.5. The van der Waals surface area contributed by atoms with Crippen molar-refractivity contribution in [2.75, 3.05) is 5.73 Å². The van der Waals surface area contributed by atoms with Crippen LogP contribution in [0.2, 0.25) is 5.02 Å². The number of fused-ring (bicyclic) bond motifs is 1. The highest BCUT2D eigenvalue weighted by Crippen LogP contribution is 2.30. The summed E-state index contributed by atoms with van der Waals surface area (Å²) in [4.78, 5) is 0. The van der Waals surface area contributed by atoms with Gasteiger partial charge >= 0.3 is 0 Å². The van der Waals surface area contributed by atoms with Crippen LogP contribution >= 0.6 is 11.6 Å². The van der Waals surface area contributed by atoms with Gasteiger partial charge in [0.1, 0.15) is 6.07 Å². The van der Waals surface area contributed by atoms with E-state index in [1.165, 1.54) is 0 Å². The second kappa shape index (κ2) is 5.75. The lowest BCUT2D eigenvalue weighted by Gasteiger charge is -2.09. The molecule has 0 aliphatic heterocycles. The number of aromatic nitrogens is 1. The molecule has 0 saturated heterocycles. The molecular weight excluding hydrogens is 294 g/mol. The first-order valence-electron chi connectivity index (χ1n) is 7.19. The van der Waals surface area contributed by atoms with Gasteiger partial charge in [-0.1, -0.05) is 23.7 Å². The van der Waals surface area contributed by atoms with Crippen molar-refractivity contribution in [1.29, 1.82) is 5.26 Å². The molecule has 1 aromatic heterocycles. The highest BCUT2D eigenvalue weighted by Gasteiger charge is 2.16. The number of nitriles is 1. The Kier molecular flexibility index (Phi) is 3.79. The number of hydrogen-bond donors (Lipinski definition) is 1. The molecule has 3 aromatic rings. The quantitative estimate of drug-likeness (QED) is 0.731. The van der Waals surface area contributed by atoms with E-state index in [0.29, 0.717) is 17.0 Å². The molecule has 0 fully saturated rings. The van der Waals surface area contributed by atoms with Gasteiger partial charge in [0.15, 0.2) is 0 Å². The third kappa shape index (κ3) is 2.43. The molecule has 0 amide bonds. The van der Waals surface area contributed by atoms with E-state index in [-0.39, 0.29) is 0 Å². The fraction of sp³-hybridized carbons (Fsp3) is 0.167. The molecule has 0 radical (unpaired) electrons. The van der Waals surface area contributed by atoms with Crippen molar-refractivity contribution >= 4 is 28.2 Å². The Morgan fingerprint density at radius 3 is 2.73 bits per heavy atom. The van der Waals surface area contributed by atoms with E-state index in [0.717, 1.165) is 34.4 Å². The van der Waals surface area contributed by atoms with Gasteiger partial charge < -0.3 is 10.3 Å². The Bertz CT molecular complexity index is 887. The van der Waals surface area contributed by atoms with Gasteiger partial charge in [0.05, 0.1) is 5.56 Å². The summed E-state index contributed by atoms with van der Waals surface area (Å²) in [6.45, 7) is 2.88. The summed E-state index contributed by atoms with van der Waals surface area (Å²) in [6.07, 6.45) is 0.675. The third-order valence-corrected chi connectivity index (χ3v) is 4.12. The van der Waals surface area contributed by atoms with Gasteiger partial charge in [-0.25, -0.2) is 0 Å². The number of rotatable bonds is 3. The van der Waals surface area contributed by atoms with E-state index in [4.69, 9.17) is 17.3 Å². The molecule has 0 atom stereocenters. The summed E-state index contributed by atoms with van der Waals surface area (Å²) in [6, 6.07) is 15.8. The van der Waals surface area contributed by atoms with Crippen molar-refractivity contribution in [3.05, 3.63) is 64.3 Å². The molecule has 0 aliphatic rings. The fourth-order valence-corrected chi connectivity index (χ4v) is 3.12. The first-order chi connectivity index (χ1) is 10.6. The molecule has 0 unspecified atom stereocenters. The summed E-state index contributed by atoms with van der Waals surface area (Å²) in [7, 11) is 0. The molecule has 2 N–H and O–H groups in total. The zero-order valence-corrected chi connectivity index (χ0v) is 13.1. The van der Waals surface area contributed by atoms with Crippen molar-refractivity contribution < 1.29 is 0 Å². The number of halogens is 1. The number of nitrogens with zero attached hydrogens (tertiary/aromatic N) is 2. The van der Waals surface area contributed by atoms with Crippen molar-refractivity contribution in [3.63, 3.8) is 0 Å². The Hall–Kier alpha value is -2.44. The Balaban J connectivity index is 2.22. The van der Waals surface area contributed by atoms with Crippen LogP contribution in [0.25, 0.3) is 10.9 Å². The minimum Gasteiger partial charge on any atom is -0.399 e. The Morgan fingerprint density at radius 2 is 2.05 bits per heavy atom. The van der Waals surface area contributed by atoms with Gasteiger partial charge in [-0.3, -0.25) is 0 Å². The number of aryl methyl sites for hydroxylation is 1. The van der Waals surface area contributed by atoms with Crippen LogP contribution in [-0.2, 0) is 13.0 Å². The molecule has 0 saturated carbocycles. The van der Waals surface area contributed by atoms with Gasteiger partial charge in [-0.15, -0.1) is 0 Å². The number of hydrogen-bond acceptors (Lipinski definition) is 2. The molecule has 0 spiro atoms. The van der Waals surface area contributed by atoms with Crippen molar-refractivity contribution in [2.24, 2.45) is 0 Å². The standard InChI is InChI=1S/C18H16ClN3/c1-2-22-17-7-6-13(19)10-15(17)16(11-20)18(22)9-12-4-3-5-14(21)8-12/h3-8,10H,2,9,21H2,1H3. The van der Waals surface area contributed by atoms with E-state index >= 15 is 0 Å². The zero-order valence-electron chi connectivity index (χ0n) is 12.3. The van der Waals surface area contributed by atoms with Crippen LogP contribution in [0.1, 0.15) is 23.7 Å². The molecule has 1 heterocycles. The maximum Gasteiger partial charge on any atom is 0.102 e. The summed E-state index contributed by atoms with van der Waals surface area (Å²) < 4.78 is 2.17. The molecular formula is C18H16ClN3. The molecule has 4 heteroatoms. The summed E-state index contributed by atoms with van der Waals surface area (Å²) in [5.41, 5.74) is 10.4. The maximum atomic E-state index is 9.62. The predicted molar refractivity (Wildman–Crippen MR) is 91.0 cm³/mol. The van der Waals surface area contributed by atoms with Crippen LogP contribution in [0, 0.1) is 11.3 Å². The van der Waals surface area contributed by atoms with Crippen LogP contribution in [0.4, 0.5) is 5.69 Å². The van der Waals surface area contributed by atoms with Crippen molar-refractivity contribution in [2.45, 2.75) is 19.9 Å². The monoisotopic (exact) mass is 309 g/mol. The average molecular weight is 310 g/mol. The first-order valence-corrected chi connectivity index (χ1v) is 7.57. The highest BCUT2D eigenvalue weighted by atomic mass is 35.5. The second-order valence-corrected chi connectivity index (χ2v) is 5.70. The highest BCUT2D eigenvalue weighted by molar-refractivity contribution is 6.31.